The predicted molar refractivity (Wildman–Crippen MR) is 81.0 cm³/mol. The molecule has 102 valence electrons. The first-order chi connectivity index (χ1) is 8.54. The highest BCUT2D eigenvalue weighted by Crippen LogP contribution is 2.23. The average Bonchev–Trinajstić information content (AvgIpc) is 2.34. The van der Waals surface area contributed by atoms with Crippen molar-refractivity contribution in [2.75, 3.05) is 7.05 Å². The van der Waals surface area contributed by atoms with Crippen molar-refractivity contribution in [3.63, 3.8) is 0 Å². The van der Waals surface area contributed by atoms with Crippen LogP contribution in [0, 0.1) is 5.92 Å². The van der Waals surface area contributed by atoms with E-state index in [-0.39, 0.29) is 0 Å². The van der Waals surface area contributed by atoms with Gasteiger partial charge in [0.25, 0.3) is 0 Å². The summed E-state index contributed by atoms with van der Waals surface area (Å²) in [5.74, 6) is 1.43. The van der Waals surface area contributed by atoms with Crippen molar-refractivity contribution in [2.45, 2.75) is 58.9 Å². The predicted octanol–water partition coefficient (Wildman–Crippen LogP) is 4.90. The van der Waals surface area contributed by atoms with Crippen LogP contribution in [0.3, 0.4) is 0 Å². The second kappa shape index (κ2) is 7.58. The summed E-state index contributed by atoms with van der Waals surface area (Å²) in [5, 5.41) is 3.44. The molecule has 0 amide bonds. The molecule has 0 aliphatic carbocycles. The van der Waals surface area contributed by atoms with E-state index < -0.39 is 0 Å². The second-order valence-electron chi connectivity index (χ2n) is 5.99. The molecule has 0 spiro atoms. The molecule has 1 rings (SSSR count). The number of hydrogen-bond donors (Lipinski definition) is 1. The average molecular weight is 247 g/mol. The molecule has 1 heteroatoms. The van der Waals surface area contributed by atoms with Gasteiger partial charge in [-0.25, -0.2) is 0 Å². The third-order valence-electron chi connectivity index (χ3n) is 3.63. The van der Waals surface area contributed by atoms with Gasteiger partial charge in [0, 0.05) is 6.04 Å². The summed E-state index contributed by atoms with van der Waals surface area (Å²) in [6, 6.07) is 9.61. The molecule has 0 fully saturated rings. The van der Waals surface area contributed by atoms with E-state index in [0.717, 1.165) is 5.92 Å². The van der Waals surface area contributed by atoms with Crippen LogP contribution in [0.1, 0.15) is 70.0 Å². The van der Waals surface area contributed by atoms with Crippen LogP contribution in [0.4, 0.5) is 0 Å². The van der Waals surface area contributed by atoms with Crippen LogP contribution in [0.5, 0.6) is 0 Å². The number of hydrogen-bond acceptors (Lipinski definition) is 1. The summed E-state index contributed by atoms with van der Waals surface area (Å²) in [6.45, 7) is 9.08. The van der Waals surface area contributed by atoms with Gasteiger partial charge in [0.15, 0.2) is 0 Å². The van der Waals surface area contributed by atoms with Crippen molar-refractivity contribution in [3.05, 3.63) is 35.4 Å². The van der Waals surface area contributed by atoms with E-state index in [0.29, 0.717) is 12.0 Å². The maximum absolute atomic E-state index is 3.44. The molecule has 1 aromatic carbocycles. The standard InChI is InChI=1S/C17H29N/c1-13(2)7-6-8-17(18-5)16-11-9-15(10-12-16)14(3)4/h9-14,17-18H,6-8H2,1-5H3. The molecule has 0 saturated heterocycles. The fourth-order valence-corrected chi connectivity index (χ4v) is 2.32. The van der Waals surface area contributed by atoms with Crippen LogP contribution in [0.15, 0.2) is 24.3 Å². The smallest absolute Gasteiger partial charge is 0.0317 e. The van der Waals surface area contributed by atoms with Gasteiger partial charge in [0.05, 0.1) is 0 Å². The summed E-state index contributed by atoms with van der Waals surface area (Å²) in [5.41, 5.74) is 2.85. The minimum absolute atomic E-state index is 0.505. The van der Waals surface area contributed by atoms with Crippen LogP contribution >= 0.6 is 0 Å². The van der Waals surface area contributed by atoms with E-state index in [4.69, 9.17) is 0 Å². The Labute approximate surface area is 113 Å². The van der Waals surface area contributed by atoms with Crippen molar-refractivity contribution in [3.8, 4) is 0 Å². The molecule has 0 saturated carbocycles. The van der Waals surface area contributed by atoms with Crippen molar-refractivity contribution in [1.82, 2.24) is 5.32 Å². The Hall–Kier alpha value is -0.820. The van der Waals surface area contributed by atoms with Crippen molar-refractivity contribution < 1.29 is 0 Å². The lowest BCUT2D eigenvalue weighted by molar-refractivity contribution is 0.470. The summed E-state index contributed by atoms with van der Waals surface area (Å²) < 4.78 is 0. The van der Waals surface area contributed by atoms with Gasteiger partial charge in [-0.05, 0) is 36.4 Å². The van der Waals surface area contributed by atoms with Gasteiger partial charge in [-0.1, -0.05) is 64.8 Å². The Balaban J connectivity index is 2.58. The SMILES string of the molecule is CNC(CCCC(C)C)c1ccc(C(C)C)cc1. The molecule has 1 aromatic rings. The Morgan fingerprint density at radius 1 is 0.889 bits per heavy atom. The zero-order valence-electron chi connectivity index (χ0n) is 12.7. The van der Waals surface area contributed by atoms with Crippen LogP contribution in [0.2, 0.25) is 0 Å². The van der Waals surface area contributed by atoms with Gasteiger partial charge in [-0.15, -0.1) is 0 Å². The lowest BCUT2D eigenvalue weighted by Gasteiger charge is -2.18. The lowest BCUT2D eigenvalue weighted by atomic mass is 9.95. The molecule has 18 heavy (non-hydrogen) atoms. The maximum Gasteiger partial charge on any atom is 0.0317 e. The summed E-state index contributed by atoms with van der Waals surface area (Å²) in [7, 11) is 2.07. The zero-order valence-corrected chi connectivity index (χ0v) is 12.7. The van der Waals surface area contributed by atoms with Crippen LogP contribution in [-0.2, 0) is 0 Å². The highest BCUT2D eigenvalue weighted by molar-refractivity contribution is 5.26. The largest absolute Gasteiger partial charge is 0.313 e. The monoisotopic (exact) mass is 247 g/mol. The van der Waals surface area contributed by atoms with E-state index >= 15 is 0 Å². The Morgan fingerprint density at radius 3 is 1.89 bits per heavy atom. The molecule has 0 bridgehead atoms. The number of benzene rings is 1. The van der Waals surface area contributed by atoms with Gasteiger partial charge >= 0.3 is 0 Å². The van der Waals surface area contributed by atoms with Gasteiger partial charge in [-0.2, -0.15) is 0 Å². The fourth-order valence-electron chi connectivity index (χ4n) is 2.32. The fraction of sp³-hybridized carbons (Fsp3) is 0.647. The molecular formula is C17H29N. The van der Waals surface area contributed by atoms with Crippen molar-refractivity contribution in [1.29, 1.82) is 0 Å². The molecule has 0 heterocycles. The van der Waals surface area contributed by atoms with Gasteiger partial charge in [-0.3, -0.25) is 0 Å². The molecule has 1 nitrogen and oxygen atoms in total. The van der Waals surface area contributed by atoms with Crippen molar-refractivity contribution >= 4 is 0 Å². The quantitative estimate of drug-likeness (QED) is 0.723. The highest BCUT2D eigenvalue weighted by atomic mass is 14.9. The molecule has 1 atom stereocenters. The van der Waals surface area contributed by atoms with Gasteiger partial charge in [0.1, 0.15) is 0 Å². The Kier molecular flexibility index (Phi) is 6.42. The first-order valence-electron chi connectivity index (χ1n) is 7.31. The van der Waals surface area contributed by atoms with Crippen molar-refractivity contribution in [2.24, 2.45) is 5.92 Å². The van der Waals surface area contributed by atoms with Crippen LogP contribution < -0.4 is 5.32 Å². The lowest BCUT2D eigenvalue weighted by Crippen LogP contribution is -2.16. The van der Waals surface area contributed by atoms with Gasteiger partial charge in [0.2, 0.25) is 0 Å². The first kappa shape index (κ1) is 15.2. The van der Waals surface area contributed by atoms with Crippen LogP contribution in [0.25, 0.3) is 0 Å². The zero-order chi connectivity index (χ0) is 13.5. The molecule has 0 aliphatic rings. The summed E-state index contributed by atoms with van der Waals surface area (Å²) in [6.07, 6.45) is 3.85. The number of rotatable bonds is 7. The molecule has 0 aliphatic heterocycles. The van der Waals surface area contributed by atoms with E-state index in [9.17, 15) is 0 Å². The number of nitrogens with one attached hydrogen (secondary N) is 1. The summed E-state index contributed by atoms with van der Waals surface area (Å²) in [4.78, 5) is 0. The Morgan fingerprint density at radius 2 is 1.44 bits per heavy atom. The van der Waals surface area contributed by atoms with E-state index in [2.05, 4.69) is 64.3 Å². The van der Waals surface area contributed by atoms with E-state index in [1.54, 1.807) is 0 Å². The topological polar surface area (TPSA) is 12.0 Å². The third kappa shape index (κ3) is 4.81. The summed E-state index contributed by atoms with van der Waals surface area (Å²) >= 11 is 0. The normalized spacial score (nSPS) is 13.3. The molecule has 1 unspecified atom stereocenters. The maximum atomic E-state index is 3.44. The highest BCUT2D eigenvalue weighted by Gasteiger charge is 2.09. The molecule has 1 N–H and O–H groups in total. The van der Waals surface area contributed by atoms with Crippen LogP contribution in [-0.4, -0.2) is 7.05 Å². The molecule has 0 radical (unpaired) electrons. The minimum Gasteiger partial charge on any atom is -0.313 e. The molecule has 0 aromatic heterocycles. The first-order valence-corrected chi connectivity index (χ1v) is 7.31. The second-order valence-corrected chi connectivity index (χ2v) is 5.99. The minimum atomic E-state index is 0.505. The van der Waals surface area contributed by atoms with E-state index in [1.807, 2.05) is 0 Å². The molecular weight excluding hydrogens is 218 g/mol. The Bertz CT molecular complexity index is 324. The van der Waals surface area contributed by atoms with E-state index in [1.165, 1.54) is 30.4 Å². The third-order valence-corrected chi connectivity index (χ3v) is 3.63. The van der Waals surface area contributed by atoms with Gasteiger partial charge < -0.3 is 5.32 Å².